The highest BCUT2D eigenvalue weighted by molar-refractivity contribution is 6.74. The second-order valence-corrected chi connectivity index (χ2v) is 20.7. The Balaban J connectivity index is 2.56. The standard InChI is InChI=1S/C36H47NO10Si/c1-32(2,3)44-29(39)37(30(40)45-33(4,5)6)28-25(43-31(41)46-34(7,8)9)22-36(47-48(13,14)35(10,11)12)20-18-16-15-17-19-24-27(28)23(36)21-26(38)42-24/h15-16,21-22,24H,1-14H3/b16-15-/t24-,36-/m1/s1. The fourth-order valence-electron chi connectivity index (χ4n) is 4.34. The number of carbonyl (C=O) groups excluding carboxylic acids is 4. The van der Waals surface area contributed by atoms with Gasteiger partial charge < -0.3 is 28.1 Å². The maximum absolute atomic E-state index is 14.1. The zero-order valence-electron chi connectivity index (χ0n) is 30.4. The maximum Gasteiger partial charge on any atom is 0.514 e. The molecule has 48 heavy (non-hydrogen) atoms. The molecule has 0 saturated heterocycles. The first-order valence-corrected chi connectivity index (χ1v) is 18.5. The average Bonchev–Trinajstić information content (AvgIpc) is 2.83. The first kappa shape index (κ1) is 38.2. The molecule has 0 N–H and O–H groups in total. The van der Waals surface area contributed by atoms with Crippen LogP contribution >= 0.6 is 0 Å². The maximum atomic E-state index is 14.1. The summed E-state index contributed by atoms with van der Waals surface area (Å²) in [5.74, 6) is 10.6. The Morgan fingerprint density at radius 2 is 1.35 bits per heavy atom. The van der Waals surface area contributed by atoms with Crippen molar-refractivity contribution in [3.63, 3.8) is 0 Å². The van der Waals surface area contributed by atoms with Crippen LogP contribution in [0.3, 0.4) is 0 Å². The van der Waals surface area contributed by atoms with Crippen molar-refractivity contribution < 1.29 is 47.3 Å². The average molecular weight is 682 g/mol. The molecule has 0 aromatic heterocycles. The Bertz CT molecular complexity index is 1600. The van der Waals surface area contributed by atoms with E-state index >= 15 is 0 Å². The van der Waals surface area contributed by atoms with Gasteiger partial charge in [-0.05, 0) is 98.5 Å². The number of hydrogen-bond acceptors (Lipinski definition) is 10. The fraction of sp³-hybridized carbons (Fsp3) is 0.556. The van der Waals surface area contributed by atoms with Crippen LogP contribution in [-0.2, 0) is 32.9 Å². The molecule has 0 saturated carbocycles. The van der Waals surface area contributed by atoms with E-state index in [2.05, 4.69) is 23.7 Å². The molecule has 3 rings (SSSR count). The molecule has 1 aliphatic heterocycles. The minimum Gasteiger partial charge on any atom is -0.443 e. The van der Waals surface area contributed by atoms with Gasteiger partial charge in [0.15, 0.2) is 25.8 Å². The number of carbonyl (C=O) groups is 4. The van der Waals surface area contributed by atoms with Crippen molar-refractivity contribution in [3.8, 4) is 23.7 Å². The van der Waals surface area contributed by atoms with Crippen LogP contribution in [0.15, 0.2) is 46.9 Å². The molecule has 12 heteroatoms. The van der Waals surface area contributed by atoms with Gasteiger partial charge in [0, 0.05) is 23.3 Å². The number of rotatable bonds is 4. The molecule has 260 valence electrons. The summed E-state index contributed by atoms with van der Waals surface area (Å²) in [4.78, 5) is 55.3. The third kappa shape index (κ3) is 9.21. The quantitative estimate of drug-likeness (QED) is 0.128. The van der Waals surface area contributed by atoms with Gasteiger partial charge in [-0.15, -0.1) is 0 Å². The lowest BCUT2D eigenvalue weighted by Gasteiger charge is -2.46. The third-order valence-electron chi connectivity index (χ3n) is 7.17. The van der Waals surface area contributed by atoms with E-state index < -0.39 is 61.1 Å². The van der Waals surface area contributed by atoms with Crippen LogP contribution in [0, 0.1) is 23.7 Å². The van der Waals surface area contributed by atoms with Gasteiger partial charge in [-0.2, -0.15) is 4.90 Å². The summed E-state index contributed by atoms with van der Waals surface area (Å²) in [7, 11) is -2.78. The number of ether oxygens (including phenoxy) is 5. The molecule has 4 bridgehead atoms. The SMILES string of the molecule is CC(C)(C)OC(=O)OC1=C[C@]2(O[Si](C)(C)C(C)(C)C)C#C/C=C\C#C[C@H]3OC(=O)C=C2C3=C1N(C(=O)OC(C)(C)C)C(=O)OC(C)(C)C. The van der Waals surface area contributed by atoms with Crippen LogP contribution < -0.4 is 0 Å². The van der Waals surface area contributed by atoms with Gasteiger partial charge in [-0.1, -0.05) is 38.5 Å². The van der Waals surface area contributed by atoms with Crippen molar-refractivity contribution in [2.24, 2.45) is 0 Å². The molecule has 2 amide bonds. The monoisotopic (exact) mass is 681 g/mol. The van der Waals surface area contributed by atoms with E-state index in [0.29, 0.717) is 4.90 Å². The lowest BCUT2D eigenvalue weighted by Crippen LogP contribution is -2.53. The molecule has 11 nitrogen and oxygen atoms in total. The van der Waals surface area contributed by atoms with Crippen LogP contribution in [0.1, 0.15) is 83.1 Å². The fourth-order valence-corrected chi connectivity index (χ4v) is 5.67. The first-order chi connectivity index (χ1) is 21.6. The summed E-state index contributed by atoms with van der Waals surface area (Å²) in [6, 6.07) is 0. The topological polar surface area (TPSA) is 127 Å². The van der Waals surface area contributed by atoms with Crippen LogP contribution in [0.4, 0.5) is 14.4 Å². The third-order valence-corrected chi connectivity index (χ3v) is 11.6. The van der Waals surface area contributed by atoms with Crippen LogP contribution in [0.5, 0.6) is 0 Å². The molecule has 2 atom stereocenters. The Morgan fingerprint density at radius 1 is 0.833 bits per heavy atom. The summed E-state index contributed by atoms with van der Waals surface area (Å²) >= 11 is 0. The molecule has 0 fully saturated rings. The molecule has 0 unspecified atom stereocenters. The molecule has 0 radical (unpaired) electrons. The van der Waals surface area contributed by atoms with Crippen molar-refractivity contribution in [1.82, 2.24) is 4.90 Å². The van der Waals surface area contributed by atoms with E-state index in [-0.39, 0.29) is 27.6 Å². The number of esters is 1. The molecule has 3 aliphatic rings. The molecular weight excluding hydrogens is 634 g/mol. The van der Waals surface area contributed by atoms with Gasteiger partial charge in [-0.3, -0.25) is 0 Å². The van der Waals surface area contributed by atoms with Crippen LogP contribution in [0.25, 0.3) is 0 Å². The number of imide groups is 1. The molecule has 0 spiro atoms. The van der Waals surface area contributed by atoms with E-state index in [0.717, 1.165) is 0 Å². The van der Waals surface area contributed by atoms with Gasteiger partial charge in [0.2, 0.25) is 0 Å². The minimum absolute atomic E-state index is 0.0168. The van der Waals surface area contributed by atoms with Crippen molar-refractivity contribution in [2.75, 3.05) is 0 Å². The second-order valence-electron chi connectivity index (χ2n) is 16.0. The number of nitrogens with zero attached hydrogens (tertiary/aromatic N) is 1. The zero-order chi connectivity index (χ0) is 36.7. The predicted octanol–water partition coefficient (Wildman–Crippen LogP) is 7.45. The molecule has 0 aromatic rings. The summed E-state index contributed by atoms with van der Waals surface area (Å²) in [5, 5.41) is -0.354. The van der Waals surface area contributed by atoms with Gasteiger partial charge in [0.1, 0.15) is 22.5 Å². The predicted molar refractivity (Wildman–Crippen MR) is 180 cm³/mol. The van der Waals surface area contributed by atoms with E-state index in [4.69, 9.17) is 28.1 Å². The summed E-state index contributed by atoms with van der Waals surface area (Å²) in [5.41, 5.74) is -5.02. The summed E-state index contributed by atoms with van der Waals surface area (Å²) in [6.07, 6.45) is 0.707. The normalized spacial score (nSPS) is 21.5. The smallest absolute Gasteiger partial charge is 0.443 e. The van der Waals surface area contributed by atoms with E-state index in [1.165, 1.54) is 24.3 Å². The van der Waals surface area contributed by atoms with Gasteiger partial charge in [0.05, 0.1) is 0 Å². The van der Waals surface area contributed by atoms with Gasteiger partial charge in [0.25, 0.3) is 0 Å². The largest absolute Gasteiger partial charge is 0.514 e. The van der Waals surface area contributed by atoms with Gasteiger partial charge >= 0.3 is 24.3 Å². The minimum atomic E-state index is -2.78. The van der Waals surface area contributed by atoms with E-state index in [9.17, 15) is 19.2 Å². The Hall–Kier alpha value is -4.26. The highest BCUT2D eigenvalue weighted by atomic mass is 28.4. The number of hydrogen-bond donors (Lipinski definition) is 0. The molecular formula is C36H47NO10Si. The summed E-state index contributed by atoms with van der Waals surface area (Å²) < 4.78 is 35.4. The highest BCUT2D eigenvalue weighted by Crippen LogP contribution is 2.49. The molecule has 1 heterocycles. The number of allylic oxidation sites excluding steroid dienone is 2. The van der Waals surface area contributed by atoms with Crippen molar-refractivity contribution in [3.05, 3.63) is 46.9 Å². The van der Waals surface area contributed by atoms with Crippen LogP contribution in [0.2, 0.25) is 18.1 Å². The Labute approximate surface area is 284 Å². The second kappa shape index (κ2) is 13.0. The first-order valence-electron chi connectivity index (χ1n) is 15.6. The Kier molecular flexibility index (Phi) is 10.3. The Morgan fingerprint density at radius 3 is 1.85 bits per heavy atom. The molecule has 2 aliphatic carbocycles. The number of amides is 2. The van der Waals surface area contributed by atoms with Crippen molar-refractivity contribution in [2.45, 2.75) is 130 Å². The van der Waals surface area contributed by atoms with Crippen molar-refractivity contribution >= 4 is 32.6 Å². The van der Waals surface area contributed by atoms with E-state index in [1.54, 1.807) is 62.3 Å². The zero-order valence-corrected chi connectivity index (χ0v) is 31.4. The van der Waals surface area contributed by atoms with Crippen molar-refractivity contribution in [1.29, 1.82) is 0 Å². The highest BCUT2D eigenvalue weighted by Gasteiger charge is 2.54. The lowest BCUT2D eigenvalue weighted by molar-refractivity contribution is -0.140. The van der Waals surface area contributed by atoms with Gasteiger partial charge in [-0.25, -0.2) is 19.2 Å². The summed E-state index contributed by atoms with van der Waals surface area (Å²) in [6.45, 7) is 24.8. The molecule has 0 aromatic carbocycles. The van der Waals surface area contributed by atoms with E-state index in [1.807, 2.05) is 33.9 Å². The van der Waals surface area contributed by atoms with Crippen LogP contribution in [-0.4, -0.2) is 66.0 Å². The lowest BCUT2D eigenvalue weighted by atomic mass is 9.78.